The summed E-state index contributed by atoms with van der Waals surface area (Å²) in [7, 11) is 0. The molecular weight excluding hydrogens is 491 g/mol. The Balaban J connectivity index is 1.41. The van der Waals surface area contributed by atoms with E-state index in [2.05, 4.69) is 15.5 Å². The van der Waals surface area contributed by atoms with Crippen LogP contribution in [-0.4, -0.2) is 30.4 Å². The van der Waals surface area contributed by atoms with Crippen LogP contribution >= 0.6 is 34.8 Å². The third-order valence-electron chi connectivity index (χ3n) is 4.69. The van der Waals surface area contributed by atoms with Gasteiger partial charge in [-0.2, -0.15) is 10.2 Å². The normalized spacial score (nSPS) is 10.9. The Morgan fingerprint density at radius 3 is 2.42 bits per heavy atom. The molecule has 0 saturated heterocycles. The number of carbonyl (C=O) groups excluding carboxylic acids is 1. The molecule has 1 N–H and O–H groups in total. The molecule has 0 radical (unpaired) electrons. The van der Waals surface area contributed by atoms with E-state index < -0.39 is 4.92 Å². The number of nitrogens with one attached hydrogen (secondary N) is 1. The van der Waals surface area contributed by atoms with Gasteiger partial charge in [0.15, 0.2) is 5.82 Å². The molecule has 2 aromatic heterocycles. The Hall–Kier alpha value is -3.40. The lowest BCUT2D eigenvalue weighted by molar-refractivity contribution is -0.385. The second-order valence-corrected chi connectivity index (χ2v) is 8.31. The van der Waals surface area contributed by atoms with Gasteiger partial charge < -0.3 is 5.32 Å². The van der Waals surface area contributed by atoms with Gasteiger partial charge >= 0.3 is 5.69 Å². The molecule has 0 fully saturated rings. The fourth-order valence-electron chi connectivity index (χ4n) is 3.05. The van der Waals surface area contributed by atoms with Gasteiger partial charge in [-0.3, -0.25) is 24.3 Å². The first kappa shape index (κ1) is 22.8. The summed E-state index contributed by atoms with van der Waals surface area (Å²) in [6.07, 6.45) is 4.12. The van der Waals surface area contributed by atoms with Gasteiger partial charge in [0.2, 0.25) is 0 Å². The Morgan fingerprint density at radius 1 is 1.00 bits per heavy atom. The van der Waals surface area contributed by atoms with E-state index in [1.807, 2.05) is 0 Å². The van der Waals surface area contributed by atoms with Crippen LogP contribution in [0.5, 0.6) is 0 Å². The standard InChI is InChI=1S/C21H15Cl3N6O3/c22-16-6-5-15(18(23)7-16)10-29-12-19(24)20(27-29)26-21(31)14-3-1-13(2-4-14)9-28-11-17(8-25-28)30(32)33/h1-8,11-12H,9-10H2,(H,26,27,31). The predicted molar refractivity (Wildman–Crippen MR) is 125 cm³/mol. The molecule has 0 saturated carbocycles. The number of nitro groups is 1. The van der Waals surface area contributed by atoms with Crippen LogP contribution in [-0.2, 0) is 13.1 Å². The Morgan fingerprint density at radius 2 is 1.76 bits per heavy atom. The van der Waals surface area contributed by atoms with Gasteiger partial charge in [0.25, 0.3) is 5.91 Å². The van der Waals surface area contributed by atoms with Gasteiger partial charge in [-0.1, -0.05) is 53.0 Å². The quantitative estimate of drug-likeness (QED) is 0.271. The van der Waals surface area contributed by atoms with Crippen LogP contribution in [0.1, 0.15) is 21.5 Å². The van der Waals surface area contributed by atoms with Crippen molar-refractivity contribution in [2.75, 3.05) is 5.32 Å². The second kappa shape index (κ2) is 9.62. The molecule has 168 valence electrons. The molecule has 1 amide bonds. The maximum atomic E-state index is 12.6. The summed E-state index contributed by atoms with van der Waals surface area (Å²) in [5, 5.41) is 23.0. The Labute approximate surface area is 202 Å². The fraction of sp³-hybridized carbons (Fsp3) is 0.0952. The number of aromatic nitrogens is 4. The molecule has 0 spiro atoms. The third-order valence-corrected chi connectivity index (χ3v) is 5.55. The molecule has 12 heteroatoms. The van der Waals surface area contributed by atoms with E-state index in [-0.39, 0.29) is 22.4 Å². The van der Waals surface area contributed by atoms with Crippen molar-refractivity contribution in [3.63, 3.8) is 0 Å². The Bertz CT molecular complexity index is 1330. The minimum Gasteiger partial charge on any atom is -0.304 e. The molecule has 2 aromatic carbocycles. The lowest BCUT2D eigenvalue weighted by atomic mass is 10.1. The van der Waals surface area contributed by atoms with Gasteiger partial charge in [-0.25, -0.2) is 0 Å². The van der Waals surface area contributed by atoms with Crippen molar-refractivity contribution in [2.45, 2.75) is 13.1 Å². The van der Waals surface area contributed by atoms with Gasteiger partial charge in [-0.15, -0.1) is 0 Å². The summed E-state index contributed by atoms with van der Waals surface area (Å²) in [5.41, 5.74) is 1.94. The van der Waals surface area contributed by atoms with E-state index >= 15 is 0 Å². The molecule has 0 aliphatic carbocycles. The molecule has 9 nitrogen and oxygen atoms in total. The number of halogens is 3. The van der Waals surface area contributed by atoms with Gasteiger partial charge in [0.1, 0.15) is 17.4 Å². The van der Waals surface area contributed by atoms with Gasteiger partial charge in [-0.05, 0) is 35.4 Å². The minimum absolute atomic E-state index is 0.0827. The molecule has 0 aliphatic rings. The largest absolute Gasteiger partial charge is 0.307 e. The molecule has 0 bridgehead atoms. The van der Waals surface area contributed by atoms with E-state index in [0.29, 0.717) is 28.7 Å². The first-order valence-corrected chi connectivity index (χ1v) is 10.7. The van der Waals surface area contributed by atoms with Crippen LogP contribution in [0.15, 0.2) is 61.1 Å². The highest BCUT2D eigenvalue weighted by molar-refractivity contribution is 6.35. The molecule has 0 aliphatic heterocycles. The van der Waals surface area contributed by atoms with Crippen LogP contribution in [0.25, 0.3) is 0 Å². The maximum Gasteiger partial charge on any atom is 0.307 e. The van der Waals surface area contributed by atoms with Crippen LogP contribution < -0.4 is 5.32 Å². The summed E-state index contributed by atoms with van der Waals surface area (Å²) in [5.74, 6) is -0.160. The Kier molecular flexibility index (Phi) is 6.64. The SMILES string of the molecule is O=C(Nc1nn(Cc2ccc(Cl)cc2Cl)cc1Cl)c1ccc(Cn2cc([N+](=O)[O-])cn2)cc1. The minimum atomic E-state index is -0.507. The number of nitrogens with zero attached hydrogens (tertiary/aromatic N) is 5. The van der Waals surface area contributed by atoms with Crippen LogP contribution in [0, 0.1) is 10.1 Å². The van der Waals surface area contributed by atoms with Crippen molar-refractivity contribution in [1.82, 2.24) is 19.6 Å². The van der Waals surface area contributed by atoms with E-state index in [1.54, 1.807) is 53.3 Å². The van der Waals surface area contributed by atoms with Crippen LogP contribution in [0.2, 0.25) is 15.1 Å². The van der Waals surface area contributed by atoms with Crippen molar-refractivity contribution in [3.8, 4) is 0 Å². The fourth-order valence-corrected chi connectivity index (χ4v) is 3.71. The number of hydrogen-bond acceptors (Lipinski definition) is 5. The average molecular weight is 506 g/mol. The maximum absolute atomic E-state index is 12.6. The van der Waals surface area contributed by atoms with E-state index in [1.165, 1.54) is 17.1 Å². The smallest absolute Gasteiger partial charge is 0.304 e. The second-order valence-electron chi connectivity index (χ2n) is 7.06. The highest BCUT2D eigenvalue weighted by atomic mass is 35.5. The summed E-state index contributed by atoms with van der Waals surface area (Å²) in [6.45, 7) is 0.686. The van der Waals surface area contributed by atoms with E-state index in [0.717, 1.165) is 11.1 Å². The van der Waals surface area contributed by atoms with Crippen molar-refractivity contribution >= 4 is 52.2 Å². The van der Waals surface area contributed by atoms with Crippen molar-refractivity contribution in [3.05, 3.63) is 103 Å². The number of benzene rings is 2. The van der Waals surface area contributed by atoms with E-state index in [9.17, 15) is 14.9 Å². The molecule has 4 rings (SSSR count). The summed E-state index contributed by atoms with van der Waals surface area (Å²) in [4.78, 5) is 22.9. The third kappa shape index (κ3) is 5.51. The first-order chi connectivity index (χ1) is 15.8. The summed E-state index contributed by atoms with van der Waals surface area (Å²) < 4.78 is 3.02. The highest BCUT2D eigenvalue weighted by Gasteiger charge is 2.14. The molecular formula is C21H15Cl3N6O3. The molecule has 33 heavy (non-hydrogen) atoms. The molecule has 2 heterocycles. The number of hydrogen-bond donors (Lipinski definition) is 1. The predicted octanol–water partition coefficient (Wildman–Crippen LogP) is 5.30. The van der Waals surface area contributed by atoms with Gasteiger partial charge in [0.05, 0.1) is 18.0 Å². The lowest BCUT2D eigenvalue weighted by Crippen LogP contribution is -2.13. The number of anilines is 1. The van der Waals surface area contributed by atoms with Crippen molar-refractivity contribution in [1.29, 1.82) is 0 Å². The topological polar surface area (TPSA) is 108 Å². The molecule has 0 atom stereocenters. The zero-order valence-electron chi connectivity index (χ0n) is 16.8. The molecule has 0 unspecified atom stereocenters. The van der Waals surface area contributed by atoms with Crippen molar-refractivity contribution in [2.24, 2.45) is 0 Å². The summed E-state index contributed by atoms with van der Waals surface area (Å²) >= 11 is 18.4. The van der Waals surface area contributed by atoms with Crippen molar-refractivity contribution < 1.29 is 9.72 Å². The first-order valence-electron chi connectivity index (χ1n) is 9.52. The number of carbonyl (C=O) groups is 1. The monoisotopic (exact) mass is 504 g/mol. The number of amides is 1. The van der Waals surface area contributed by atoms with Gasteiger partial charge in [0, 0.05) is 21.8 Å². The highest BCUT2D eigenvalue weighted by Crippen LogP contribution is 2.24. The summed E-state index contributed by atoms with van der Waals surface area (Å²) in [6, 6.07) is 11.9. The lowest BCUT2D eigenvalue weighted by Gasteiger charge is -2.06. The van der Waals surface area contributed by atoms with Crippen LogP contribution in [0.3, 0.4) is 0 Å². The van der Waals surface area contributed by atoms with Crippen LogP contribution in [0.4, 0.5) is 11.5 Å². The average Bonchev–Trinajstić information content (AvgIpc) is 3.37. The molecule has 4 aromatic rings. The zero-order chi connectivity index (χ0) is 23.5. The zero-order valence-corrected chi connectivity index (χ0v) is 19.1. The van der Waals surface area contributed by atoms with E-state index in [4.69, 9.17) is 34.8 Å². The number of rotatable bonds is 7.